The Morgan fingerprint density at radius 3 is 2.32 bits per heavy atom. The van der Waals surface area contributed by atoms with E-state index < -0.39 is 0 Å². The highest BCUT2D eigenvalue weighted by Crippen LogP contribution is 2.32. The van der Waals surface area contributed by atoms with E-state index in [1.807, 2.05) is 35.2 Å². The maximum atomic E-state index is 13.6. The number of nitrogens with zero attached hydrogens (tertiary/aromatic N) is 2. The predicted octanol–water partition coefficient (Wildman–Crippen LogP) is 6.03. The Hall–Kier alpha value is -4.00. The number of amides is 3. The lowest BCUT2D eigenvalue weighted by atomic mass is 9.89. The molecule has 2 saturated heterocycles. The van der Waals surface area contributed by atoms with Crippen LogP contribution in [-0.2, 0) is 6.42 Å². The number of ether oxygens (including phenoxy) is 1. The number of rotatable bonds is 7. The summed E-state index contributed by atoms with van der Waals surface area (Å²) in [6, 6.07) is 23.2. The molecule has 5 rings (SSSR count). The Bertz CT molecular complexity index is 1250. The molecule has 0 unspecified atom stereocenters. The van der Waals surface area contributed by atoms with Crippen molar-refractivity contribution in [3.05, 3.63) is 83.9 Å². The zero-order valence-electron chi connectivity index (χ0n) is 22.0. The zero-order chi connectivity index (χ0) is 26.3. The number of benzene rings is 3. The van der Waals surface area contributed by atoms with Crippen molar-refractivity contribution in [1.29, 1.82) is 0 Å². The molecule has 2 N–H and O–H groups in total. The van der Waals surface area contributed by atoms with Crippen molar-refractivity contribution < 1.29 is 14.3 Å². The number of para-hydroxylation sites is 2. The van der Waals surface area contributed by atoms with Crippen LogP contribution in [0.2, 0.25) is 0 Å². The van der Waals surface area contributed by atoms with E-state index in [1.54, 1.807) is 19.2 Å². The minimum absolute atomic E-state index is 0.0395. The molecule has 3 amide bonds. The topological polar surface area (TPSA) is 73.9 Å². The molecule has 0 radical (unpaired) electrons. The van der Waals surface area contributed by atoms with Gasteiger partial charge in [0.15, 0.2) is 0 Å². The number of carbonyl (C=O) groups excluding carboxylic acids is 2. The van der Waals surface area contributed by atoms with E-state index in [4.69, 9.17) is 4.74 Å². The number of nitrogens with one attached hydrogen (secondary N) is 2. The van der Waals surface area contributed by atoms with Crippen molar-refractivity contribution in [2.45, 2.75) is 32.1 Å². The first-order valence-corrected chi connectivity index (χ1v) is 13.5. The van der Waals surface area contributed by atoms with E-state index >= 15 is 0 Å². The number of piperidine rings is 1. The fourth-order valence-electron chi connectivity index (χ4n) is 5.51. The minimum atomic E-state index is -0.386. The highest BCUT2D eigenvalue weighted by Gasteiger charge is 2.27. The first kappa shape index (κ1) is 25.6. The van der Waals surface area contributed by atoms with E-state index in [-0.39, 0.29) is 11.9 Å². The number of likely N-dealkylation sites (tertiary alicyclic amines) is 1. The predicted molar refractivity (Wildman–Crippen MR) is 152 cm³/mol. The summed E-state index contributed by atoms with van der Waals surface area (Å²) < 4.78 is 5.33. The van der Waals surface area contributed by atoms with Crippen LogP contribution in [0, 0.1) is 5.92 Å². The van der Waals surface area contributed by atoms with E-state index in [1.165, 1.54) is 5.56 Å². The maximum Gasteiger partial charge on any atom is 0.323 e. The highest BCUT2D eigenvalue weighted by atomic mass is 16.5. The van der Waals surface area contributed by atoms with Gasteiger partial charge in [0.05, 0.1) is 18.4 Å². The van der Waals surface area contributed by atoms with E-state index in [0.717, 1.165) is 64.0 Å². The van der Waals surface area contributed by atoms with Crippen molar-refractivity contribution in [3.8, 4) is 5.75 Å². The third kappa shape index (κ3) is 6.10. The largest absolute Gasteiger partial charge is 0.495 e. The second kappa shape index (κ2) is 12.0. The molecular formula is C31H36N4O3. The summed E-state index contributed by atoms with van der Waals surface area (Å²) in [6.07, 6.45) is 5.34. The lowest BCUT2D eigenvalue weighted by Gasteiger charge is -2.35. The normalized spacial score (nSPS) is 15.8. The van der Waals surface area contributed by atoms with Gasteiger partial charge in [-0.25, -0.2) is 4.79 Å². The van der Waals surface area contributed by atoms with E-state index in [0.29, 0.717) is 28.6 Å². The molecule has 7 nitrogen and oxygen atoms in total. The van der Waals surface area contributed by atoms with Gasteiger partial charge >= 0.3 is 6.03 Å². The van der Waals surface area contributed by atoms with Gasteiger partial charge in [0, 0.05) is 37.6 Å². The first-order chi connectivity index (χ1) is 18.6. The van der Waals surface area contributed by atoms with Crippen LogP contribution >= 0.6 is 0 Å². The second-order valence-corrected chi connectivity index (χ2v) is 10.1. The summed E-state index contributed by atoms with van der Waals surface area (Å²) in [4.78, 5) is 30.6. The Kier molecular flexibility index (Phi) is 8.12. The second-order valence-electron chi connectivity index (χ2n) is 10.1. The van der Waals surface area contributed by atoms with Gasteiger partial charge in [0.1, 0.15) is 5.75 Å². The molecule has 3 aromatic carbocycles. The zero-order valence-corrected chi connectivity index (χ0v) is 22.0. The smallest absolute Gasteiger partial charge is 0.323 e. The van der Waals surface area contributed by atoms with Crippen LogP contribution in [0.4, 0.5) is 21.9 Å². The minimum Gasteiger partial charge on any atom is -0.495 e. The molecule has 0 saturated carbocycles. The van der Waals surface area contributed by atoms with Crippen LogP contribution in [0.1, 0.15) is 41.6 Å². The molecule has 2 aliphatic rings. The molecule has 0 atom stereocenters. The van der Waals surface area contributed by atoms with Crippen molar-refractivity contribution in [2.75, 3.05) is 48.8 Å². The summed E-state index contributed by atoms with van der Waals surface area (Å²) in [5, 5.41) is 5.73. The molecule has 198 valence electrons. The summed E-state index contributed by atoms with van der Waals surface area (Å²) in [6.45, 7) is 3.39. The van der Waals surface area contributed by atoms with Gasteiger partial charge in [-0.3, -0.25) is 4.79 Å². The van der Waals surface area contributed by atoms with Gasteiger partial charge in [0.25, 0.3) is 5.91 Å². The van der Waals surface area contributed by atoms with Gasteiger partial charge < -0.3 is 25.2 Å². The Balaban J connectivity index is 1.31. The molecule has 7 heteroatoms. The molecule has 2 fully saturated rings. The number of anilines is 3. The molecular weight excluding hydrogens is 476 g/mol. The standard InChI is InChI=1S/C31H36N4O3/c1-38-29-12-6-5-11-27(29)33-31(37)32-25-13-14-28(26(22-25)30(36)35-17-7-8-18-35)34-19-15-24(16-20-34)21-23-9-3-2-4-10-23/h2-6,9-14,22,24H,7-8,15-21H2,1H3,(H2,32,33,37). The van der Waals surface area contributed by atoms with E-state index in [9.17, 15) is 9.59 Å². The maximum absolute atomic E-state index is 13.6. The average Bonchev–Trinajstić information content (AvgIpc) is 3.49. The molecule has 2 aliphatic heterocycles. The van der Waals surface area contributed by atoms with Crippen LogP contribution < -0.4 is 20.3 Å². The Morgan fingerprint density at radius 1 is 0.868 bits per heavy atom. The van der Waals surface area contributed by atoms with Crippen LogP contribution in [-0.4, -0.2) is 50.1 Å². The molecule has 0 aromatic heterocycles. The number of methoxy groups -OCH3 is 1. The quantitative estimate of drug-likeness (QED) is 0.405. The number of hydrogen-bond donors (Lipinski definition) is 2. The van der Waals surface area contributed by atoms with E-state index in [2.05, 4.69) is 45.9 Å². The molecule has 0 aliphatic carbocycles. The summed E-state index contributed by atoms with van der Waals surface area (Å²) in [5.74, 6) is 1.27. The molecule has 38 heavy (non-hydrogen) atoms. The first-order valence-electron chi connectivity index (χ1n) is 13.5. The summed E-state index contributed by atoms with van der Waals surface area (Å²) in [7, 11) is 1.57. The lowest BCUT2D eigenvalue weighted by Crippen LogP contribution is -2.36. The monoisotopic (exact) mass is 512 g/mol. The number of carbonyl (C=O) groups is 2. The number of urea groups is 1. The van der Waals surface area contributed by atoms with Crippen molar-refractivity contribution in [2.24, 2.45) is 5.92 Å². The molecule has 2 heterocycles. The fraction of sp³-hybridized carbons (Fsp3) is 0.355. The fourth-order valence-corrected chi connectivity index (χ4v) is 5.51. The van der Waals surface area contributed by atoms with Crippen molar-refractivity contribution in [1.82, 2.24) is 4.90 Å². The van der Waals surface area contributed by atoms with Crippen LogP contribution in [0.15, 0.2) is 72.8 Å². The van der Waals surface area contributed by atoms with Crippen LogP contribution in [0.3, 0.4) is 0 Å². The highest BCUT2D eigenvalue weighted by molar-refractivity contribution is 6.04. The van der Waals surface area contributed by atoms with Crippen LogP contribution in [0.25, 0.3) is 0 Å². The average molecular weight is 513 g/mol. The third-order valence-corrected chi connectivity index (χ3v) is 7.56. The molecule has 0 spiro atoms. The van der Waals surface area contributed by atoms with Gasteiger partial charge in [-0.1, -0.05) is 42.5 Å². The number of hydrogen-bond acceptors (Lipinski definition) is 4. The van der Waals surface area contributed by atoms with Crippen LogP contribution in [0.5, 0.6) is 5.75 Å². The summed E-state index contributed by atoms with van der Waals surface area (Å²) in [5.41, 5.74) is 4.16. The third-order valence-electron chi connectivity index (χ3n) is 7.56. The Labute approximate surface area is 224 Å². The Morgan fingerprint density at radius 2 is 1.58 bits per heavy atom. The van der Waals surface area contributed by atoms with Gasteiger partial charge in [0.2, 0.25) is 0 Å². The van der Waals surface area contributed by atoms with Crippen molar-refractivity contribution in [3.63, 3.8) is 0 Å². The van der Waals surface area contributed by atoms with Gasteiger partial charge in [-0.2, -0.15) is 0 Å². The molecule has 0 bridgehead atoms. The van der Waals surface area contributed by atoms with Gasteiger partial charge in [-0.15, -0.1) is 0 Å². The lowest BCUT2D eigenvalue weighted by molar-refractivity contribution is 0.0793. The van der Waals surface area contributed by atoms with Crippen molar-refractivity contribution >= 4 is 29.0 Å². The molecule has 3 aromatic rings. The SMILES string of the molecule is COc1ccccc1NC(=O)Nc1ccc(N2CCC(Cc3ccccc3)CC2)c(C(=O)N2CCCC2)c1. The van der Waals surface area contributed by atoms with Gasteiger partial charge in [-0.05, 0) is 73.9 Å². The summed E-state index contributed by atoms with van der Waals surface area (Å²) >= 11 is 0.